The van der Waals surface area contributed by atoms with Gasteiger partial charge in [0.1, 0.15) is 11.9 Å². The molecule has 0 heterocycles. The van der Waals surface area contributed by atoms with Gasteiger partial charge < -0.3 is 16.0 Å². The fourth-order valence-corrected chi connectivity index (χ4v) is 1.60. The molecule has 7 heteroatoms. The molecule has 1 rings (SSSR count). The number of carbonyl (C=O) groups is 2. The second kappa shape index (κ2) is 6.31. The molecular formula is C13H17F2N3O2. The molecule has 1 unspecified atom stereocenters. The number of nitrogens with one attached hydrogen (secondary N) is 1. The number of amides is 2. The predicted molar refractivity (Wildman–Crippen MR) is 71.0 cm³/mol. The van der Waals surface area contributed by atoms with Gasteiger partial charge in [-0.3, -0.25) is 9.59 Å². The first-order valence-corrected chi connectivity index (χ1v) is 6.08. The highest BCUT2D eigenvalue weighted by Gasteiger charge is 2.22. The van der Waals surface area contributed by atoms with E-state index in [9.17, 15) is 18.4 Å². The summed E-state index contributed by atoms with van der Waals surface area (Å²) in [5.74, 6) is -3.05. The summed E-state index contributed by atoms with van der Waals surface area (Å²) < 4.78 is 26.8. The van der Waals surface area contributed by atoms with E-state index in [-0.39, 0.29) is 5.91 Å². The van der Waals surface area contributed by atoms with Gasteiger partial charge in [0, 0.05) is 13.6 Å². The summed E-state index contributed by atoms with van der Waals surface area (Å²) in [6.07, 6.45) is 0. The first kappa shape index (κ1) is 15.9. The summed E-state index contributed by atoms with van der Waals surface area (Å²) in [7, 11) is 1.58. The van der Waals surface area contributed by atoms with Gasteiger partial charge in [-0.15, -0.1) is 0 Å². The van der Waals surface area contributed by atoms with E-state index in [0.717, 1.165) is 12.1 Å². The van der Waals surface area contributed by atoms with E-state index in [1.807, 2.05) is 0 Å². The topological polar surface area (TPSA) is 75.4 Å². The summed E-state index contributed by atoms with van der Waals surface area (Å²) >= 11 is 0. The Labute approximate surface area is 115 Å². The first-order valence-electron chi connectivity index (χ1n) is 6.08. The molecule has 1 aromatic rings. The number of carbonyl (C=O) groups excluding carboxylic acids is 2. The van der Waals surface area contributed by atoms with E-state index in [1.54, 1.807) is 14.0 Å². The third-order valence-electron chi connectivity index (χ3n) is 2.88. The summed E-state index contributed by atoms with van der Waals surface area (Å²) in [4.78, 5) is 25.0. The Hall–Kier alpha value is -2.18. The van der Waals surface area contributed by atoms with Crippen LogP contribution in [0.15, 0.2) is 12.1 Å². The lowest BCUT2D eigenvalue weighted by Crippen LogP contribution is -2.45. The average Bonchev–Trinajstić information content (AvgIpc) is 2.40. The molecule has 0 saturated heterocycles. The van der Waals surface area contributed by atoms with Crippen LogP contribution in [-0.2, 0) is 4.79 Å². The van der Waals surface area contributed by atoms with Crippen LogP contribution >= 0.6 is 0 Å². The van der Waals surface area contributed by atoms with Gasteiger partial charge in [-0.25, -0.2) is 8.78 Å². The molecule has 0 aliphatic heterocycles. The van der Waals surface area contributed by atoms with E-state index in [0.29, 0.717) is 6.54 Å². The molecule has 1 aromatic carbocycles. The van der Waals surface area contributed by atoms with Gasteiger partial charge in [-0.2, -0.15) is 0 Å². The third-order valence-corrected chi connectivity index (χ3v) is 2.88. The lowest BCUT2D eigenvalue weighted by molar-refractivity contribution is -0.131. The monoisotopic (exact) mass is 285 g/mol. The Balaban J connectivity index is 2.90. The van der Waals surface area contributed by atoms with Gasteiger partial charge in [-0.1, -0.05) is 0 Å². The summed E-state index contributed by atoms with van der Waals surface area (Å²) in [6, 6.07) is 0.671. The zero-order valence-corrected chi connectivity index (χ0v) is 11.5. The molecule has 0 radical (unpaired) electrons. The third kappa shape index (κ3) is 3.43. The number of rotatable bonds is 4. The minimum Gasteiger partial charge on any atom is -0.396 e. The molecule has 1 atom stereocenters. The van der Waals surface area contributed by atoms with Crippen LogP contribution in [0.25, 0.3) is 0 Å². The van der Waals surface area contributed by atoms with Crippen molar-refractivity contribution < 1.29 is 18.4 Å². The van der Waals surface area contributed by atoms with Crippen molar-refractivity contribution in [1.82, 2.24) is 10.2 Å². The molecule has 0 spiro atoms. The minimum atomic E-state index is -1.01. The molecule has 110 valence electrons. The molecule has 0 aromatic heterocycles. The van der Waals surface area contributed by atoms with Gasteiger partial charge in [0.25, 0.3) is 5.91 Å². The largest absolute Gasteiger partial charge is 0.396 e. The summed E-state index contributed by atoms with van der Waals surface area (Å²) in [5.41, 5.74) is 4.26. The lowest BCUT2D eigenvalue weighted by atomic mass is 10.1. The number of nitrogens with zero attached hydrogens (tertiary/aromatic N) is 1. The quantitative estimate of drug-likeness (QED) is 0.815. The molecule has 0 aliphatic carbocycles. The van der Waals surface area contributed by atoms with Crippen LogP contribution in [0.2, 0.25) is 0 Å². The number of hydrogen-bond acceptors (Lipinski definition) is 3. The highest BCUT2D eigenvalue weighted by Crippen LogP contribution is 2.17. The van der Waals surface area contributed by atoms with Gasteiger partial charge in [0.2, 0.25) is 5.91 Å². The Kier molecular flexibility index (Phi) is 5.01. The van der Waals surface area contributed by atoms with Gasteiger partial charge in [0.05, 0.1) is 11.3 Å². The molecule has 2 amide bonds. The van der Waals surface area contributed by atoms with Crippen LogP contribution in [-0.4, -0.2) is 36.3 Å². The molecule has 0 bridgehead atoms. The van der Waals surface area contributed by atoms with Gasteiger partial charge in [-0.05, 0) is 26.0 Å². The Morgan fingerprint density at radius 2 is 2.00 bits per heavy atom. The Morgan fingerprint density at radius 3 is 2.55 bits per heavy atom. The fraction of sp³-hybridized carbons (Fsp3) is 0.385. The van der Waals surface area contributed by atoms with Crippen LogP contribution in [0, 0.1) is 11.6 Å². The minimum absolute atomic E-state index is 0.328. The molecular weight excluding hydrogens is 268 g/mol. The number of anilines is 1. The first-order chi connectivity index (χ1) is 9.27. The fourth-order valence-electron chi connectivity index (χ4n) is 1.60. The van der Waals surface area contributed by atoms with Crippen LogP contribution in [0.4, 0.5) is 14.5 Å². The number of benzene rings is 1. The van der Waals surface area contributed by atoms with Crippen molar-refractivity contribution in [2.45, 2.75) is 19.9 Å². The highest BCUT2D eigenvalue weighted by molar-refractivity contribution is 5.98. The Bertz CT molecular complexity index is 535. The second-order valence-electron chi connectivity index (χ2n) is 4.40. The Morgan fingerprint density at radius 1 is 1.40 bits per heavy atom. The van der Waals surface area contributed by atoms with E-state index in [2.05, 4.69) is 5.32 Å². The van der Waals surface area contributed by atoms with Crippen molar-refractivity contribution in [3.05, 3.63) is 29.3 Å². The van der Waals surface area contributed by atoms with Crippen LogP contribution in [0.3, 0.4) is 0 Å². The summed E-state index contributed by atoms with van der Waals surface area (Å²) in [6.45, 7) is 3.71. The molecule has 0 saturated carbocycles. The normalized spacial score (nSPS) is 11.8. The van der Waals surface area contributed by atoms with E-state index >= 15 is 0 Å². The standard InChI is InChI=1S/C13H17F2N3O2/c1-4-18(3)13(20)7(2)17-12(19)9-5-8(14)6-10(16)11(9)15/h5-7H,4,16H2,1-3H3,(H,17,19). The van der Waals surface area contributed by atoms with Crippen molar-refractivity contribution in [3.63, 3.8) is 0 Å². The van der Waals surface area contributed by atoms with Crippen molar-refractivity contribution in [1.29, 1.82) is 0 Å². The summed E-state index contributed by atoms with van der Waals surface area (Å²) in [5, 5.41) is 2.31. The van der Waals surface area contributed by atoms with Crippen molar-refractivity contribution in [3.8, 4) is 0 Å². The maximum absolute atomic E-state index is 13.7. The highest BCUT2D eigenvalue weighted by atomic mass is 19.1. The number of nitrogen functional groups attached to an aromatic ring is 1. The maximum atomic E-state index is 13.7. The molecule has 5 nitrogen and oxygen atoms in total. The smallest absolute Gasteiger partial charge is 0.255 e. The van der Waals surface area contributed by atoms with E-state index < -0.39 is 34.8 Å². The zero-order valence-electron chi connectivity index (χ0n) is 11.5. The zero-order chi connectivity index (χ0) is 15.4. The molecule has 0 fully saturated rings. The average molecular weight is 285 g/mol. The van der Waals surface area contributed by atoms with Crippen LogP contribution in [0.5, 0.6) is 0 Å². The second-order valence-corrected chi connectivity index (χ2v) is 4.40. The van der Waals surface area contributed by atoms with E-state index in [4.69, 9.17) is 5.73 Å². The molecule has 3 N–H and O–H groups in total. The van der Waals surface area contributed by atoms with Crippen LogP contribution in [0.1, 0.15) is 24.2 Å². The number of nitrogens with two attached hydrogens (primary N) is 1. The van der Waals surface area contributed by atoms with Gasteiger partial charge in [0.15, 0.2) is 5.82 Å². The van der Waals surface area contributed by atoms with Crippen molar-refractivity contribution >= 4 is 17.5 Å². The number of likely N-dealkylation sites (N-methyl/N-ethyl adjacent to an activating group) is 1. The lowest BCUT2D eigenvalue weighted by Gasteiger charge is -2.20. The molecule has 20 heavy (non-hydrogen) atoms. The van der Waals surface area contributed by atoms with Gasteiger partial charge >= 0.3 is 0 Å². The molecule has 0 aliphatic rings. The van der Waals surface area contributed by atoms with Crippen molar-refractivity contribution in [2.24, 2.45) is 0 Å². The van der Waals surface area contributed by atoms with Crippen molar-refractivity contribution in [2.75, 3.05) is 19.3 Å². The maximum Gasteiger partial charge on any atom is 0.255 e. The predicted octanol–water partition coefficient (Wildman–Crippen LogP) is 1.14. The van der Waals surface area contributed by atoms with E-state index in [1.165, 1.54) is 11.8 Å². The number of hydrogen-bond donors (Lipinski definition) is 2. The number of halogens is 2. The SMILES string of the molecule is CCN(C)C(=O)C(C)NC(=O)c1cc(F)cc(N)c1F. The van der Waals surface area contributed by atoms with Crippen LogP contribution < -0.4 is 11.1 Å².